The molecular formula is C14H21NO3. The second-order valence-electron chi connectivity index (χ2n) is 4.15. The molecule has 1 atom stereocenters. The van der Waals surface area contributed by atoms with Gasteiger partial charge in [-0.05, 0) is 37.1 Å². The molecule has 0 aromatic heterocycles. The van der Waals surface area contributed by atoms with Gasteiger partial charge in [0.15, 0.2) is 0 Å². The molecule has 4 nitrogen and oxygen atoms in total. The minimum atomic E-state index is -0.776. The monoisotopic (exact) mass is 251 g/mol. The number of ether oxygens (including phenoxy) is 1. The van der Waals surface area contributed by atoms with E-state index in [2.05, 4.69) is 0 Å². The van der Waals surface area contributed by atoms with Gasteiger partial charge in [0.25, 0.3) is 0 Å². The van der Waals surface area contributed by atoms with Crippen molar-refractivity contribution in [1.82, 2.24) is 0 Å². The van der Waals surface area contributed by atoms with Crippen molar-refractivity contribution in [3.63, 3.8) is 0 Å². The third-order valence-corrected chi connectivity index (χ3v) is 2.92. The van der Waals surface area contributed by atoms with Crippen LogP contribution < -0.4 is 9.64 Å². The Balaban J connectivity index is 2.98. The molecule has 0 unspecified atom stereocenters. The average Bonchev–Trinajstić information content (AvgIpc) is 2.38. The Labute approximate surface area is 108 Å². The van der Waals surface area contributed by atoms with Gasteiger partial charge in [0.05, 0.1) is 7.11 Å². The van der Waals surface area contributed by atoms with Gasteiger partial charge in [-0.25, -0.2) is 4.79 Å². The average molecular weight is 251 g/mol. The molecule has 1 rings (SSSR count). The number of benzene rings is 1. The molecule has 0 aliphatic rings. The first-order valence-electron chi connectivity index (χ1n) is 6.27. The lowest BCUT2D eigenvalue weighted by atomic mass is 10.1. The van der Waals surface area contributed by atoms with Crippen LogP contribution in [0.15, 0.2) is 24.3 Å². The zero-order chi connectivity index (χ0) is 13.5. The summed E-state index contributed by atoms with van der Waals surface area (Å²) >= 11 is 0. The van der Waals surface area contributed by atoms with Gasteiger partial charge in [0.2, 0.25) is 0 Å². The largest absolute Gasteiger partial charge is 0.497 e. The lowest BCUT2D eigenvalue weighted by molar-refractivity contribution is -0.138. The Morgan fingerprint density at radius 3 is 2.33 bits per heavy atom. The fourth-order valence-electron chi connectivity index (χ4n) is 2.01. The number of methoxy groups -OCH3 is 1. The van der Waals surface area contributed by atoms with E-state index in [1.807, 2.05) is 43.0 Å². The zero-order valence-corrected chi connectivity index (χ0v) is 11.2. The first-order valence-corrected chi connectivity index (χ1v) is 6.27. The molecule has 0 spiro atoms. The summed E-state index contributed by atoms with van der Waals surface area (Å²) in [5.74, 6) is 0.000315. The molecule has 0 saturated carbocycles. The summed E-state index contributed by atoms with van der Waals surface area (Å²) in [6, 6.07) is 7.04. The highest BCUT2D eigenvalue weighted by Crippen LogP contribution is 2.22. The van der Waals surface area contributed by atoms with Crippen molar-refractivity contribution in [1.29, 1.82) is 0 Å². The van der Waals surface area contributed by atoms with Gasteiger partial charge < -0.3 is 14.7 Å². The molecule has 1 aromatic carbocycles. The van der Waals surface area contributed by atoms with E-state index >= 15 is 0 Å². The van der Waals surface area contributed by atoms with E-state index in [1.165, 1.54) is 0 Å². The Morgan fingerprint density at radius 2 is 1.94 bits per heavy atom. The summed E-state index contributed by atoms with van der Waals surface area (Å²) < 4.78 is 5.11. The number of carboxylic acids is 1. The van der Waals surface area contributed by atoms with Crippen molar-refractivity contribution in [2.45, 2.75) is 32.7 Å². The molecule has 0 amide bonds. The molecule has 0 bridgehead atoms. The van der Waals surface area contributed by atoms with E-state index in [4.69, 9.17) is 4.74 Å². The maximum Gasteiger partial charge on any atom is 0.326 e. The topological polar surface area (TPSA) is 49.8 Å². The molecule has 0 aliphatic carbocycles. The zero-order valence-electron chi connectivity index (χ0n) is 11.2. The predicted octanol–water partition coefficient (Wildman–Crippen LogP) is 2.77. The number of rotatable bonds is 7. The van der Waals surface area contributed by atoms with Gasteiger partial charge in [0, 0.05) is 12.2 Å². The molecule has 1 aromatic rings. The summed E-state index contributed by atoms with van der Waals surface area (Å²) in [7, 11) is 1.62. The molecule has 18 heavy (non-hydrogen) atoms. The van der Waals surface area contributed by atoms with E-state index < -0.39 is 12.0 Å². The minimum Gasteiger partial charge on any atom is -0.497 e. The summed E-state index contributed by atoms with van der Waals surface area (Å²) in [6.45, 7) is 4.67. The van der Waals surface area contributed by atoms with Crippen LogP contribution in [0.5, 0.6) is 5.75 Å². The van der Waals surface area contributed by atoms with Crippen molar-refractivity contribution in [3.8, 4) is 5.75 Å². The van der Waals surface area contributed by atoms with Gasteiger partial charge in [-0.15, -0.1) is 0 Å². The Kier molecular flexibility index (Phi) is 5.49. The van der Waals surface area contributed by atoms with Crippen LogP contribution in [0.25, 0.3) is 0 Å². The number of nitrogens with zero attached hydrogens (tertiary/aromatic N) is 1. The molecular weight excluding hydrogens is 230 g/mol. The van der Waals surface area contributed by atoms with Crippen LogP contribution in [-0.4, -0.2) is 30.8 Å². The van der Waals surface area contributed by atoms with Gasteiger partial charge in [-0.3, -0.25) is 0 Å². The molecule has 0 radical (unpaired) electrons. The van der Waals surface area contributed by atoms with Crippen LogP contribution >= 0.6 is 0 Å². The minimum absolute atomic E-state index is 0.474. The fraction of sp³-hybridized carbons (Fsp3) is 0.500. The maximum atomic E-state index is 11.3. The van der Waals surface area contributed by atoms with Crippen molar-refractivity contribution in [3.05, 3.63) is 24.3 Å². The third-order valence-electron chi connectivity index (χ3n) is 2.92. The van der Waals surface area contributed by atoms with Gasteiger partial charge in [-0.2, -0.15) is 0 Å². The fourth-order valence-corrected chi connectivity index (χ4v) is 2.01. The number of hydrogen-bond acceptors (Lipinski definition) is 3. The SMILES string of the molecule is CCCN(c1ccc(OC)cc1)[C@@H](CC)C(=O)O. The van der Waals surface area contributed by atoms with Crippen LogP contribution in [-0.2, 0) is 4.79 Å². The van der Waals surface area contributed by atoms with Gasteiger partial charge >= 0.3 is 5.97 Å². The van der Waals surface area contributed by atoms with E-state index in [1.54, 1.807) is 7.11 Å². The summed E-state index contributed by atoms with van der Waals surface area (Å²) in [4.78, 5) is 13.2. The van der Waals surface area contributed by atoms with Crippen molar-refractivity contribution >= 4 is 11.7 Å². The number of hydrogen-bond donors (Lipinski definition) is 1. The van der Waals surface area contributed by atoms with Crippen LogP contribution in [0.4, 0.5) is 5.69 Å². The van der Waals surface area contributed by atoms with Gasteiger partial charge in [0.1, 0.15) is 11.8 Å². The summed E-state index contributed by atoms with van der Waals surface area (Å²) in [6.07, 6.45) is 1.50. The molecule has 0 saturated heterocycles. The highest BCUT2D eigenvalue weighted by molar-refractivity contribution is 5.78. The molecule has 0 heterocycles. The predicted molar refractivity (Wildman–Crippen MR) is 72.3 cm³/mol. The van der Waals surface area contributed by atoms with E-state index in [0.29, 0.717) is 6.42 Å². The lowest BCUT2D eigenvalue weighted by Gasteiger charge is -2.30. The van der Waals surface area contributed by atoms with E-state index in [0.717, 1.165) is 24.4 Å². The highest BCUT2D eigenvalue weighted by Gasteiger charge is 2.23. The van der Waals surface area contributed by atoms with Gasteiger partial charge in [-0.1, -0.05) is 13.8 Å². The first-order chi connectivity index (χ1) is 8.63. The van der Waals surface area contributed by atoms with Crippen molar-refractivity contribution in [2.75, 3.05) is 18.6 Å². The van der Waals surface area contributed by atoms with Crippen LogP contribution in [0.1, 0.15) is 26.7 Å². The molecule has 0 fully saturated rings. The van der Waals surface area contributed by atoms with E-state index in [9.17, 15) is 9.90 Å². The first kappa shape index (κ1) is 14.4. The van der Waals surface area contributed by atoms with Crippen LogP contribution in [0.3, 0.4) is 0 Å². The molecule has 1 N–H and O–H groups in total. The Morgan fingerprint density at radius 1 is 1.33 bits per heavy atom. The van der Waals surface area contributed by atoms with E-state index in [-0.39, 0.29) is 0 Å². The van der Waals surface area contributed by atoms with Crippen LogP contribution in [0.2, 0.25) is 0 Å². The van der Waals surface area contributed by atoms with Crippen LogP contribution in [0, 0.1) is 0 Å². The molecule has 4 heteroatoms. The normalized spacial score (nSPS) is 11.9. The highest BCUT2D eigenvalue weighted by atomic mass is 16.5. The second-order valence-corrected chi connectivity index (χ2v) is 4.15. The van der Waals surface area contributed by atoms with Crippen molar-refractivity contribution in [2.24, 2.45) is 0 Å². The third kappa shape index (κ3) is 3.39. The number of carbonyl (C=O) groups is 1. The maximum absolute atomic E-state index is 11.3. The Bertz CT molecular complexity index is 375. The summed E-state index contributed by atoms with van der Waals surface area (Å²) in [5.41, 5.74) is 0.923. The molecule has 0 aliphatic heterocycles. The number of aliphatic carboxylic acids is 1. The summed E-state index contributed by atoms with van der Waals surface area (Å²) in [5, 5.41) is 9.27. The quantitative estimate of drug-likeness (QED) is 0.809. The van der Waals surface area contributed by atoms with Crippen molar-refractivity contribution < 1.29 is 14.6 Å². The second kappa shape index (κ2) is 6.89. The number of carboxylic acid groups (broad SMARTS) is 1. The number of anilines is 1. The standard InChI is InChI=1S/C14H21NO3/c1-4-10-15(13(5-2)14(16)17)11-6-8-12(18-3)9-7-11/h6-9,13H,4-5,10H2,1-3H3,(H,16,17)/t13-/m0/s1. The Hall–Kier alpha value is -1.71. The lowest BCUT2D eigenvalue weighted by Crippen LogP contribution is -2.41. The smallest absolute Gasteiger partial charge is 0.326 e. The molecule has 100 valence electrons.